The lowest BCUT2D eigenvalue weighted by Crippen LogP contribution is -2.61. The number of hydrogen-bond donors (Lipinski definition) is 1. The van der Waals surface area contributed by atoms with E-state index in [1.807, 2.05) is 6.92 Å². The van der Waals surface area contributed by atoms with E-state index < -0.39 is 11.5 Å². The molecule has 1 saturated heterocycles. The van der Waals surface area contributed by atoms with Crippen molar-refractivity contribution in [2.75, 3.05) is 0 Å². The lowest BCUT2D eigenvalue weighted by molar-refractivity contribution is -0.157. The molecule has 3 nitrogen and oxygen atoms in total. The fourth-order valence-corrected chi connectivity index (χ4v) is 3.49. The van der Waals surface area contributed by atoms with Gasteiger partial charge >= 0.3 is 5.97 Å². The fourth-order valence-electron chi connectivity index (χ4n) is 3.49. The Morgan fingerprint density at radius 2 is 1.82 bits per heavy atom. The molecule has 3 unspecified atom stereocenters. The number of hydrogen-bond acceptors (Lipinski definition) is 2. The van der Waals surface area contributed by atoms with E-state index in [1.165, 1.54) is 6.42 Å². The third-order valence-corrected chi connectivity index (χ3v) is 4.03. The molecular formula is C14H27NO2. The molecule has 1 aliphatic heterocycles. The minimum atomic E-state index is -0.715. The quantitative estimate of drug-likeness (QED) is 0.822. The van der Waals surface area contributed by atoms with Gasteiger partial charge in [0.2, 0.25) is 0 Å². The molecule has 0 aromatic rings. The summed E-state index contributed by atoms with van der Waals surface area (Å²) in [5.41, 5.74) is -0.715. The van der Waals surface area contributed by atoms with Crippen molar-refractivity contribution in [1.29, 1.82) is 0 Å². The Kier molecular flexibility index (Phi) is 4.59. The molecule has 0 amide bonds. The molecule has 0 radical (unpaired) electrons. The predicted molar refractivity (Wildman–Crippen MR) is 70.1 cm³/mol. The Bertz CT molecular complexity index is 267. The summed E-state index contributed by atoms with van der Waals surface area (Å²) in [6, 6.07) is 0.747. The molecule has 1 heterocycles. The van der Waals surface area contributed by atoms with E-state index in [0.717, 1.165) is 19.3 Å². The molecule has 0 aliphatic carbocycles. The molecule has 17 heavy (non-hydrogen) atoms. The molecule has 1 aliphatic rings. The number of carboxylic acids is 1. The van der Waals surface area contributed by atoms with Crippen molar-refractivity contribution in [3.05, 3.63) is 0 Å². The van der Waals surface area contributed by atoms with Gasteiger partial charge in [0.25, 0.3) is 0 Å². The maximum atomic E-state index is 11.7. The molecule has 0 spiro atoms. The van der Waals surface area contributed by atoms with Crippen molar-refractivity contribution in [2.45, 2.75) is 77.9 Å². The Labute approximate surface area is 105 Å². The van der Waals surface area contributed by atoms with E-state index in [-0.39, 0.29) is 0 Å². The predicted octanol–water partition coefficient (Wildman–Crippen LogP) is 3.14. The van der Waals surface area contributed by atoms with Gasteiger partial charge in [-0.15, -0.1) is 0 Å². The molecule has 1 rings (SSSR count). The lowest BCUT2D eigenvalue weighted by Gasteiger charge is -2.49. The molecule has 1 N–H and O–H groups in total. The SMILES string of the molecule is CC(C)CC(C)(C(=O)O)N1C(C)CCCC1C. The smallest absolute Gasteiger partial charge is 0.323 e. The molecule has 0 aromatic carbocycles. The first-order chi connectivity index (χ1) is 7.79. The van der Waals surface area contributed by atoms with Gasteiger partial charge in [0, 0.05) is 12.1 Å². The van der Waals surface area contributed by atoms with Gasteiger partial charge in [-0.3, -0.25) is 9.69 Å². The topological polar surface area (TPSA) is 40.5 Å². The first-order valence-electron chi connectivity index (χ1n) is 6.81. The molecule has 100 valence electrons. The zero-order chi connectivity index (χ0) is 13.2. The lowest BCUT2D eigenvalue weighted by atomic mass is 9.83. The van der Waals surface area contributed by atoms with Gasteiger partial charge in [-0.25, -0.2) is 0 Å². The largest absolute Gasteiger partial charge is 0.480 e. The number of carboxylic acid groups (broad SMARTS) is 1. The van der Waals surface area contributed by atoms with Crippen LogP contribution < -0.4 is 0 Å². The highest BCUT2D eigenvalue weighted by molar-refractivity contribution is 5.78. The standard InChI is InChI=1S/C14H27NO2/c1-10(2)9-14(5,13(16)17)15-11(3)7-6-8-12(15)4/h10-12H,6-9H2,1-5H3,(H,16,17). The maximum absolute atomic E-state index is 11.7. The second-order valence-corrected chi connectivity index (χ2v) is 6.21. The Morgan fingerprint density at radius 1 is 1.35 bits per heavy atom. The van der Waals surface area contributed by atoms with Crippen molar-refractivity contribution >= 4 is 5.97 Å². The molecule has 0 saturated carbocycles. The average molecular weight is 241 g/mol. The first-order valence-corrected chi connectivity index (χ1v) is 6.81. The van der Waals surface area contributed by atoms with Gasteiger partial charge < -0.3 is 5.11 Å². The van der Waals surface area contributed by atoms with Crippen LogP contribution in [0.15, 0.2) is 0 Å². The molecule has 3 heteroatoms. The molecular weight excluding hydrogens is 214 g/mol. The fraction of sp³-hybridized carbons (Fsp3) is 0.929. The van der Waals surface area contributed by atoms with E-state index in [4.69, 9.17) is 0 Å². The zero-order valence-corrected chi connectivity index (χ0v) is 11.9. The van der Waals surface area contributed by atoms with Crippen LogP contribution in [-0.4, -0.2) is 33.6 Å². The van der Waals surface area contributed by atoms with Gasteiger partial charge in [-0.2, -0.15) is 0 Å². The summed E-state index contributed by atoms with van der Waals surface area (Å²) in [5, 5.41) is 9.63. The first kappa shape index (κ1) is 14.5. The highest BCUT2D eigenvalue weighted by Crippen LogP contribution is 2.34. The van der Waals surface area contributed by atoms with Gasteiger partial charge in [0.05, 0.1) is 0 Å². The van der Waals surface area contributed by atoms with Crippen molar-refractivity contribution in [3.63, 3.8) is 0 Å². The van der Waals surface area contributed by atoms with Gasteiger partial charge in [0.1, 0.15) is 5.54 Å². The molecule has 0 bridgehead atoms. The Balaban J connectivity index is 2.99. The van der Waals surface area contributed by atoms with Crippen LogP contribution in [0.3, 0.4) is 0 Å². The number of piperidine rings is 1. The maximum Gasteiger partial charge on any atom is 0.323 e. The zero-order valence-electron chi connectivity index (χ0n) is 11.9. The molecule has 3 atom stereocenters. The summed E-state index contributed by atoms with van der Waals surface area (Å²) >= 11 is 0. The van der Waals surface area contributed by atoms with E-state index >= 15 is 0 Å². The van der Waals surface area contributed by atoms with Crippen molar-refractivity contribution in [3.8, 4) is 0 Å². The van der Waals surface area contributed by atoms with Gasteiger partial charge in [-0.1, -0.05) is 20.3 Å². The highest BCUT2D eigenvalue weighted by Gasteiger charge is 2.45. The average Bonchev–Trinajstić information content (AvgIpc) is 2.15. The minimum absolute atomic E-state index is 0.374. The normalized spacial score (nSPS) is 30.2. The molecule has 1 fully saturated rings. The summed E-state index contributed by atoms with van der Waals surface area (Å²) in [7, 11) is 0. The number of nitrogens with zero attached hydrogens (tertiary/aromatic N) is 1. The number of likely N-dealkylation sites (tertiary alicyclic amines) is 1. The van der Waals surface area contributed by atoms with Gasteiger partial charge in [0.15, 0.2) is 0 Å². The van der Waals surface area contributed by atoms with Crippen LogP contribution in [0.5, 0.6) is 0 Å². The van der Waals surface area contributed by atoms with Crippen LogP contribution in [0.25, 0.3) is 0 Å². The third kappa shape index (κ3) is 3.01. The number of carbonyl (C=O) groups is 1. The number of rotatable bonds is 4. The summed E-state index contributed by atoms with van der Waals surface area (Å²) in [5.74, 6) is -0.274. The van der Waals surface area contributed by atoms with Crippen molar-refractivity contribution in [1.82, 2.24) is 4.90 Å². The van der Waals surface area contributed by atoms with E-state index in [0.29, 0.717) is 18.0 Å². The Hall–Kier alpha value is -0.570. The summed E-state index contributed by atoms with van der Waals surface area (Å²) < 4.78 is 0. The summed E-state index contributed by atoms with van der Waals surface area (Å²) in [6.45, 7) is 10.4. The van der Waals surface area contributed by atoms with Crippen LogP contribution in [0, 0.1) is 5.92 Å². The van der Waals surface area contributed by atoms with E-state index in [9.17, 15) is 9.90 Å². The van der Waals surface area contributed by atoms with E-state index in [1.54, 1.807) is 0 Å². The van der Waals surface area contributed by atoms with Crippen LogP contribution in [0.4, 0.5) is 0 Å². The van der Waals surface area contributed by atoms with Crippen molar-refractivity contribution < 1.29 is 9.90 Å². The second kappa shape index (κ2) is 5.38. The highest BCUT2D eigenvalue weighted by atomic mass is 16.4. The summed E-state index contributed by atoms with van der Waals surface area (Å²) in [4.78, 5) is 13.9. The van der Waals surface area contributed by atoms with Gasteiger partial charge in [-0.05, 0) is 46.0 Å². The van der Waals surface area contributed by atoms with Crippen LogP contribution in [0.1, 0.15) is 60.3 Å². The second-order valence-electron chi connectivity index (χ2n) is 6.21. The van der Waals surface area contributed by atoms with Crippen LogP contribution in [-0.2, 0) is 4.79 Å². The minimum Gasteiger partial charge on any atom is -0.480 e. The van der Waals surface area contributed by atoms with Crippen LogP contribution in [0.2, 0.25) is 0 Å². The van der Waals surface area contributed by atoms with Crippen LogP contribution >= 0.6 is 0 Å². The summed E-state index contributed by atoms with van der Waals surface area (Å²) in [6.07, 6.45) is 4.17. The third-order valence-electron chi connectivity index (χ3n) is 4.03. The molecule has 0 aromatic heterocycles. The monoisotopic (exact) mass is 241 g/mol. The van der Waals surface area contributed by atoms with E-state index in [2.05, 4.69) is 32.6 Å². The number of aliphatic carboxylic acids is 1. The van der Waals surface area contributed by atoms with Crippen molar-refractivity contribution in [2.24, 2.45) is 5.92 Å². The Morgan fingerprint density at radius 3 is 2.18 bits per heavy atom.